The van der Waals surface area contributed by atoms with E-state index in [-0.39, 0.29) is 17.9 Å². The Balaban J connectivity index is 1.40. The number of carbonyl (C=O) groups excluding carboxylic acids is 1. The molecule has 10 nitrogen and oxygen atoms in total. The molecule has 12 heteroatoms. The van der Waals surface area contributed by atoms with Gasteiger partial charge in [0.05, 0.1) is 6.33 Å². The van der Waals surface area contributed by atoms with Crippen molar-refractivity contribution in [2.24, 2.45) is 0 Å². The first-order valence-electron chi connectivity index (χ1n) is 9.21. The predicted molar refractivity (Wildman–Crippen MR) is 103 cm³/mol. The fraction of sp³-hybridized carbons (Fsp3) is 0.263. The van der Waals surface area contributed by atoms with Crippen molar-refractivity contribution in [2.45, 2.75) is 24.5 Å². The zero-order valence-corrected chi connectivity index (χ0v) is 15.9. The number of aliphatic hydroxyl groups is 2. The van der Waals surface area contributed by atoms with Crippen LogP contribution in [0.5, 0.6) is 0 Å². The molecule has 1 saturated heterocycles. The summed E-state index contributed by atoms with van der Waals surface area (Å²) in [6, 6.07) is 2.82. The summed E-state index contributed by atoms with van der Waals surface area (Å²) in [4.78, 5) is 24.0. The van der Waals surface area contributed by atoms with Crippen molar-refractivity contribution >= 4 is 22.9 Å². The number of aromatic nitrogens is 4. The number of nitrogens with two attached hydrogens (primary N) is 1. The largest absolute Gasteiger partial charge is 0.387 e. The van der Waals surface area contributed by atoms with Crippen molar-refractivity contribution in [1.29, 1.82) is 0 Å². The number of nitrogens with zero attached hydrogens (tertiary/aromatic N) is 4. The fourth-order valence-corrected chi connectivity index (χ4v) is 3.22. The lowest BCUT2D eigenvalue weighted by atomic mass is 10.1. The van der Waals surface area contributed by atoms with Crippen LogP contribution < -0.4 is 11.1 Å². The molecule has 3 aromatic rings. The van der Waals surface area contributed by atoms with Crippen LogP contribution in [0.1, 0.15) is 16.6 Å². The molecule has 1 aromatic carbocycles. The van der Waals surface area contributed by atoms with Gasteiger partial charge in [-0.3, -0.25) is 9.36 Å². The first kappa shape index (κ1) is 20.8. The molecule has 0 radical (unpaired) electrons. The Morgan fingerprint density at radius 3 is 2.81 bits per heavy atom. The average molecular weight is 432 g/mol. The molecule has 0 spiro atoms. The molecule has 1 fully saturated rings. The minimum atomic E-state index is -1.28. The molecular weight excluding hydrogens is 414 g/mol. The third-order valence-corrected chi connectivity index (χ3v) is 4.82. The molecular formula is C19H18F2N6O4. The number of halogens is 2. The Morgan fingerprint density at radius 1 is 1.23 bits per heavy atom. The van der Waals surface area contributed by atoms with Crippen LogP contribution in [0.3, 0.4) is 0 Å². The van der Waals surface area contributed by atoms with Crippen molar-refractivity contribution in [3.63, 3.8) is 0 Å². The summed E-state index contributed by atoms with van der Waals surface area (Å²) in [7, 11) is 0. The minimum absolute atomic E-state index is 0.0307. The summed E-state index contributed by atoms with van der Waals surface area (Å²) in [5, 5.41) is 23.2. The normalized spacial score (nSPS) is 23.6. The summed E-state index contributed by atoms with van der Waals surface area (Å²) in [5.74, 6) is -2.59. The maximum Gasteiger partial charge on any atom is 0.251 e. The van der Waals surface area contributed by atoms with Crippen molar-refractivity contribution in [1.82, 2.24) is 24.8 Å². The summed E-state index contributed by atoms with van der Waals surface area (Å²) < 4.78 is 33.4. The molecule has 5 N–H and O–H groups in total. The number of nitrogen functional groups attached to an aromatic ring is 1. The van der Waals surface area contributed by atoms with Crippen molar-refractivity contribution in [3.05, 3.63) is 60.2 Å². The number of aliphatic hydroxyl groups excluding tert-OH is 2. The molecule has 1 aliphatic rings. The Labute approximate surface area is 174 Å². The summed E-state index contributed by atoms with van der Waals surface area (Å²) in [6.07, 6.45) is 1.23. The van der Waals surface area contributed by atoms with E-state index in [1.54, 1.807) is 0 Å². The van der Waals surface area contributed by atoms with Gasteiger partial charge in [-0.15, -0.1) is 0 Å². The smallest absolute Gasteiger partial charge is 0.251 e. The van der Waals surface area contributed by atoms with Gasteiger partial charge in [0.25, 0.3) is 5.91 Å². The molecule has 1 amide bonds. The first-order chi connectivity index (χ1) is 14.9. The van der Waals surface area contributed by atoms with Crippen molar-refractivity contribution in [3.8, 4) is 0 Å². The highest BCUT2D eigenvalue weighted by molar-refractivity contribution is 5.94. The van der Waals surface area contributed by atoms with E-state index in [1.165, 1.54) is 29.4 Å². The second-order valence-electron chi connectivity index (χ2n) is 6.82. The van der Waals surface area contributed by atoms with Crippen LogP contribution in [0.2, 0.25) is 0 Å². The average Bonchev–Trinajstić information content (AvgIpc) is 3.30. The summed E-state index contributed by atoms with van der Waals surface area (Å²) in [5.41, 5.74) is 6.40. The Morgan fingerprint density at radius 2 is 2.03 bits per heavy atom. The maximum atomic E-state index is 13.2. The van der Waals surface area contributed by atoms with Gasteiger partial charge in [0.15, 0.2) is 29.3 Å². The third-order valence-electron chi connectivity index (χ3n) is 4.82. The molecule has 4 atom stereocenters. The lowest BCUT2D eigenvalue weighted by Crippen LogP contribution is -2.31. The van der Waals surface area contributed by atoms with Crippen LogP contribution in [-0.4, -0.2) is 60.5 Å². The van der Waals surface area contributed by atoms with E-state index in [0.717, 1.165) is 18.2 Å². The van der Waals surface area contributed by atoms with Gasteiger partial charge < -0.3 is 26.0 Å². The fourth-order valence-electron chi connectivity index (χ4n) is 3.22. The van der Waals surface area contributed by atoms with Crippen LogP contribution in [0.15, 0.2) is 43.0 Å². The van der Waals surface area contributed by atoms with E-state index >= 15 is 0 Å². The molecule has 1 aliphatic heterocycles. The second kappa shape index (κ2) is 8.34. The number of hydrogen-bond donors (Lipinski definition) is 4. The van der Waals surface area contributed by atoms with Crippen molar-refractivity contribution in [2.75, 3.05) is 12.3 Å². The molecule has 2 aromatic heterocycles. The number of fused-ring (bicyclic) bond motifs is 1. The Hall–Kier alpha value is -3.48. The zero-order chi connectivity index (χ0) is 22.1. The van der Waals surface area contributed by atoms with E-state index in [4.69, 9.17) is 10.5 Å². The highest BCUT2D eigenvalue weighted by Gasteiger charge is 2.43. The quantitative estimate of drug-likeness (QED) is 0.421. The lowest BCUT2D eigenvalue weighted by Gasteiger charge is -2.16. The van der Waals surface area contributed by atoms with Gasteiger partial charge in [0, 0.05) is 12.1 Å². The number of rotatable bonds is 5. The molecule has 3 heterocycles. The van der Waals surface area contributed by atoms with Gasteiger partial charge in [-0.1, -0.05) is 12.2 Å². The van der Waals surface area contributed by atoms with Crippen LogP contribution in [-0.2, 0) is 4.74 Å². The third kappa shape index (κ3) is 3.95. The monoisotopic (exact) mass is 432 g/mol. The first-order valence-corrected chi connectivity index (χ1v) is 9.21. The van der Waals surface area contributed by atoms with Gasteiger partial charge in [-0.2, -0.15) is 0 Å². The van der Waals surface area contributed by atoms with Gasteiger partial charge in [-0.05, 0) is 18.2 Å². The number of carbonyl (C=O) groups is 1. The molecule has 4 rings (SSSR count). The van der Waals surface area contributed by atoms with E-state index in [9.17, 15) is 23.8 Å². The number of benzene rings is 1. The van der Waals surface area contributed by atoms with E-state index in [1.807, 2.05) is 0 Å². The number of hydrogen-bond acceptors (Lipinski definition) is 8. The number of ether oxygens (including phenoxy) is 1. The zero-order valence-electron chi connectivity index (χ0n) is 15.9. The van der Waals surface area contributed by atoms with Gasteiger partial charge >= 0.3 is 0 Å². The van der Waals surface area contributed by atoms with Crippen molar-refractivity contribution < 1.29 is 28.5 Å². The lowest BCUT2D eigenvalue weighted by molar-refractivity contribution is -0.0245. The maximum absolute atomic E-state index is 13.2. The molecule has 162 valence electrons. The predicted octanol–water partition coefficient (Wildman–Crippen LogP) is 0.292. The van der Waals surface area contributed by atoms with Crippen LogP contribution >= 0.6 is 0 Å². The number of imidazole rings is 1. The van der Waals surface area contributed by atoms with Gasteiger partial charge in [-0.25, -0.2) is 23.7 Å². The van der Waals surface area contributed by atoms with Crippen LogP contribution in [0, 0.1) is 11.6 Å². The SMILES string of the molecule is Nc1ncnc2c1ncn2[C@@H]1O[C@H](/C=C/CNC(=O)c2ccc(F)c(F)c2)[C@@H](O)[C@H]1O. The Kier molecular flexibility index (Phi) is 5.59. The molecule has 0 aliphatic carbocycles. The number of anilines is 1. The van der Waals surface area contributed by atoms with Gasteiger partial charge in [0.2, 0.25) is 0 Å². The van der Waals surface area contributed by atoms with E-state index < -0.39 is 42.1 Å². The minimum Gasteiger partial charge on any atom is -0.387 e. The van der Waals surface area contributed by atoms with Gasteiger partial charge in [0.1, 0.15) is 30.2 Å². The van der Waals surface area contributed by atoms with Crippen LogP contribution in [0.4, 0.5) is 14.6 Å². The molecule has 0 unspecified atom stereocenters. The molecule has 0 saturated carbocycles. The highest BCUT2D eigenvalue weighted by atomic mass is 19.2. The standard InChI is InChI=1S/C19H18F2N6O4/c20-10-4-3-9(6-11(10)21)18(30)23-5-1-2-12-14(28)15(29)19(31-12)27-8-26-13-16(22)24-7-25-17(13)27/h1-4,6-8,12,14-15,19,28-29H,5H2,(H,23,30)(H2,22,24,25)/b2-1+/t12-,14-,15-,19-/m1/s1. The second-order valence-corrected chi connectivity index (χ2v) is 6.82. The van der Waals surface area contributed by atoms with E-state index in [2.05, 4.69) is 20.3 Å². The highest BCUT2D eigenvalue weighted by Crippen LogP contribution is 2.32. The summed E-state index contributed by atoms with van der Waals surface area (Å²) >= 11 is 0. The number of amides is 1. The molecule has 31 heavy (non-hydrogen) atoms. The molecule has 0 bridgehead atoms. The van der Waals surface area contributed by atoms with Crippen LogP contribution in [0.25, 0.3) is 11.2 Å². The number of nitrogens with one attached hydrogen (secondary N) is 1. The van der Waals surface area contributed by atoms with E-state index in [0.29, 0.717) is 11.2 Å². The Bertz CT molecular complexity index is 1150. The topological polar surface area (TPSA) is 148 Å². The summed E-state index contributed by atoms with van der Waals surface area (Å²) in [6.45, 7) is 0.0307.